The van der Waals surface area contributed by atoms with E-state index < -0.39 is 0 Å². The lowest BCUT2D eigenvalue weighted by molar-refractivity contribution is 0.112. The zero-order chi connectivity index (χ0) is 17.8. The van der Waals surface area contributed by atoms with Crippen molar-refractivity contribution in [2.24, 2.45) is 0 Å². The second-order valence-corrected chi connectivity index (χ2v) is 6.37. The average molecular weight is 349 g/mol. The maximum absolute atomic E-state index is 13.2. The monoisotopic (exact) mass is 349 g/mol. The first-order valence-corrected chi connectivity index (χ1v) is 8.34. The van der Waals surface area contributed by atoms with E-state index in [4.69, 9.17) is 14.2 Å². The zero-order valence-corrected chi connectivity index (χ0v) is 14.1. The molecule has 0 unspecified atom stereocenters. The van der Waals surface area contributed by atoms with Crippen molar-refractivity contribution in [2.75, 3.05) is 13.9 Å². The van der Waals surface area contributed by atoms with Crippen LogP contribution in [0.25, 0.3) is 22.0 Å². The number of carbonyl (C=O) groups is 1. The van der Waals surface area contributed by atoms with Crippen molar-refractivity contribution in [1.29, 1.82) is 0 Å². The van der Waals surface area contributed by atoms with Gasteiger partial charge in [-0.2, -0.15) is 0 Å². The van der Waals surface area contributed by atoms with Gasteiger partial charge in [-0.3, -0.25) is 9.59 Å². The van der Waals surface area contributed by atoms with Crippen LogP contribution in [0.3, 0.4) is 0 Å². The molecule has 3 aromatic rings. The third-order valence-electron chi connectivity index (χ3n) is 5.08. The van der Waals surface area contributed by atoms with Crippen LogP contribution in [0, 0.1) is 0 Å². The quantitative estimate of drug-likeness (QED) is 0.666. The van der Waals surface area contributed by atoms with Gasteiger partial charge in [0.25, 0.3) is 5.56 Å². The number of rotatable bonds is 2. The molecule has 0 bridgehead atoms. The Labute approximate surface area is 148 Å². The molecule has 0 saturated heterocycles. The summed E-state index contributed by atoms with van der Waals surface area (Å²) < 4.78 is 18.0. The van der Waals surface area contributed by atoms with Crippen LogP contribution in [-0.4, -0.2) is 24.8 Å². The van der Waals surface area contributed by atoms with Crippen LogP contribution in [-0.2, 0) is 13.0 Å². The lowest BCUT2D eigenvalue weighted by Crippen LogP contribution is -2.26. The van der Waals surface area contributed by atoms with E-state index in [1.807, 2.05) is 24.3 Å². The highest BCUT2D eigenvalue weighted by molar-refractivity contribution is 5.94. The number of aromatic nitrogens is 1. The molecule has 0 aliphatic carbocycles. The lowest BCUT2D eigenvalue weighted by atomic mass is 9.93. The summed E-state index contributed by atoms with van der Waals surface area (Å²) >= 11 is 0. The second-order valence-electron chi connectivity index (χ2n) is 6.37. The number of carbonyl (C=O) groups excluding carboxylic acids is 1. The number of hydrogen-bond donors (Lipinski definition) is 0. The van der Waals surface area contributed by atoms with Gasteiger partial charge in [0, 0.05) is 12.1 Å². The van der Waals surface area contributed by atoms with E-state index >= 15 is 0 Å². The van der Waals surface area contributed by atoms with Crippen LogP contribution < -0.4 is 19.8 Å². The van der Waals surface area contributed by atoms with Crippen LogP contribution in [0.2, 0.25) is 0 Å². The highest BCUT2D eigenvalue weighted by atomic mass is 16.7. The first-order valence-electron chi connectivity index (χ1n) is 8.34. The fourth-order valence-corrected chi connectivity index (χ4v) is 3.83. The molecule has 0 N–H and O–H groups in total. The molecular formula is C20H15NO5. The van der Waals surface area contributed by atoms with Crippen molar-refractivity contribution in [3.8, 4) is 28.5 Å². The van der Waals surface area contributed by atoms with Gasteiger partial charge in [0.15, 0.2) is 17.8 Å². The molecule has 0 saturated carbocycles. The summed E-state index contributed by atoms with van der Waals surface area (Å²) in [4.78, 5) is 24.6. The molecule has 1 aromatic heterocycles. The molecule has 2 aliphatic rings. The van der Waals surface area contributed by atoms with Gasteiger partial charge in [-0.05, 0) is 41.6 Å². The predicted molar refractivity (Wildman–Crippen MR) is 95.4 cm³/mol. The van der Waals surface area contributed by atoms with Crippen LogP contribution >= 0.6 is 0 Å². The van der Waals surface area contributed by atoms with Crippen molar-refractivity contribution in [3.05, 3.63) is 51.8 Å². The molecule has 5 rings (SSSR count). The molecule has 0 radical (unpaired) electrons. The van der Waals surface area contributed by atoms with Crippen molar-refractivity contribution in [2.45, 2.75) is 13.0 Å². The van der Waals surface area contributed by atoms with E-state index in [1.165, 1.54) is 0 Å². The van der Waals surface area contributed by atoms with Gasteiger partial charge in [0.1, 0.15) is 5.75 Å². The number of fused-ring (bicyclic) bond motifs is 6. The van der Waals surface area contributed by atoms with Crippen LogP contribution in [0.4, 0.5) is 0 Å². The smallest absolute Gasteiger partial charge is 0.262 e. The van der Waals surface area contributed by atoms with Crippen LogP contribution in [0.1, 0.15) is 15.9 Å². The summed E-state index contributed by atoms with van der Waals surface area (Å²) in [6.45, 7) is 0.687. The minimum Gasteiger partial charge on any atom is -0.496 e. The summed E-state index contributed by atoms with van der Waals surface area (Å²) in [6, 6.07) is 9.33. The molecule has 0 fully saturated rings. The van der Waals surface area contributed by atoms with Crippen molar-refractivity contribution in [3.63, 3.8) is 0 Å². The van der Waals surface area contributed by atoms with E-state index in [0.717, 1.165) is 28.5 Å². The number of methoxy groups -OCH3 is 1. The largest absolute Gasteiger partial charge is 0.496 e. The number of nitrogens with zero attached hydrogens (tertiary/aromatic N) is 1. The first kappa shape index (κ1) is 15.0. The van der Waals surface area contributed by atoms with Crippen molar-refractivity contribution in [1.82, 2.24) is 4.57 Å². The Bertz CT molecular complexity index is 1150. The summed E-state index contributed by atoms with van der Waals surface area (Å²) in [5, 5.41) is 1.33. The third kappa shape index (κ3) is 1.92. The second kappa shape index (κ2) is 5.36. The predicted octanol–water partition coefficient (Wildman–Crippen LogP) is 2.77. The first-order chi connectivity index (χ1) is 12.7. The Morgan fingerprint density at radius 1 is 1.19 bits per heavy atom. The number of pyridine rings is 1. The van der Waals surface area contributed by atoms with Crippen LogP contribution in [0.5, 0.6) is 17.2 Å². The summed E-state index contributed by atoms with van der Waals surface area (Å²) in [6.07, 6.45) is 1.46. The lowest BCUT2D eigenvalue weighted by Gasteiger charge is -2.23. The molecule has 6 heteroatoms. The third-order valence-corrected chi connectivity index (χ3v) is 5.08. The topological polar surface area (TPSA) is 66.8 Å². The minimum atomic E-state index is -0.103. The summed E-state index contributed by atoms with van der Waals surface area (Å²) in [7, 11) is 1.55. The molecule has 26 heavy (non-hydrogen) atoms. The van der Waals surface area contributed by atoms with Crippen molar-refractivity contribution >= 4 is 17.1 Å². The number of ether oxygens (including phenoxy) is 3. The maximum atomic E-state index is 13.2. The Morgan fingerprint density at radius 3 is 2.88 bits per heavy atom. The van der Waals surface area contributed by atoms with Crippen molar-refractivity contribution < 1.29 is 19.0 Å². The number of hydrogen-bond acceptors (Lipinski definition) is 5. The molecule has 0 spiro atoms. The van der Waals surface area contributed by atoms with Gasteiger partial charge in [-0.25, -0.2) is 0 Å². The fraction of sp³-hybridized carbons (Fsp3) is 0.200. The highest BCUT2D eigenvalue weighted by Crippen LogP contribution is 2.40. The number of aldehydes is 1. The minimum absolute atomic E-state index is 0.103. The molecular weight excluding hydrogens is 334 g/mol. The number of aryl methyl sites for hydroxylation is 1. The molecule has 130 valence electrons. The normalized spacial score (nSPS) is 14.0. The summed E-state index contributed by atoms with van der Waals surface area (Å²) in [5.41, 5.74) is 3.11. The fourth-order valence-electron chi connectivity index (χ4n) is 3.83. The summed E-state index contributed by atoms with van der Waals surface area (Å²) in [5.74, 6) is 1.66. The number of benzene rings is 2. The van der Waals surface area contributed by atoms with Crippen LogP contribution in [0.15, 0.2) is 35.1 Å². The Kier molecular flexibility index (Phi) is 3.09. The van der Waals surface area contributed by atoms with E-state index in [1.54, 1.807) is 17.7 Å². The molecule has 2 aliphatic heterocycles. The Hall–Kier alpha value is -3.28. The molecule has 0 atom stereocenters. The highest BCUT2D eigenvalue weighted by Gasteiger charge is 2.25. The molecule has 3 heterocycles. The maximum Gasteiger partial charge on any atom is 0.262 e. The van der Waals surface area contributed by atoms with Gasteiger partial charge in [-0.1, -0.05) is 6.07 Å². The molecule has 0 amide bonds. The molecule has 2 aromatic carbocycles. The molecule has 6 nitrogen and oxygen atoms in total. The Balaban J connectivity index is 1.83. The van der Waals surface area contributed by atoms with E-state index in [2.05, 4.69) is 0 Å². The standard InChI is InChI=1S/C20H15NO5/c1-24-17-8-11-4-5-21-15(14(11)6-13(17)9-22)7-12-2-3-16-19(26-10-25-16)18(12)20(21)23/h2-3,6-9H,4-5,10H2,1H3. The van der Waals surface area contributed by atoms with Gasteiger partial charge in [-0.15, -0.1) is 0 Å². The van der Waals surface area contributed by atoms with E-state index in [0.29, 0.717) is 41.2 Å². The SMILES string of the molecule is COc1cc2c(cc1C=O)-c1cc3ccc4c(c3c(=O)n1CC2)OCO4. The van der Waals surface area contributed by atoms with Gasteiger partial charge in [0.05, 0.1) is 23.8 Å². The van der Waals surface area contributed by atoms with Gasteiger partial charge < -0.3 is 18.8 Å². The Morgan fingerprint density at radius 2 is 2.08 bits per heavy atom. The van der Waals surface area contributed by atoms with Gasteiger partial charge >= 0.3 is 0 Å². The zero-order valence-electron chi connectivity index (χ0n) is 14.1. The van der Waals surface area contributed by atoms with E-state index in [-0.39, 0.29) is 12.4 Å². The average Bonchev–Trinajstić information content (AvgIpc) is 3.15. The van der Waals surface area contributed by atoms with Gasteiger partial charge in [0.2, 0.25) is 6.79 Å². The van der Waals surface area contributed by atoms with E-state index in [9.17, 15) is 9.59 Å².